The molecular weight excluding hydrogens is 306 g/mol. The van der Waals surface area contributed by atoms with Crippen molar-refractivity contribution in [3.8, 4) is 6.07 Å². The van der Waals surface area contributed by atoms with Crippen LogP contribution in [0.5, 0.6) is 0 Å². The van der Waals surface area contributed by atoms with E-state index in [4.69, 9.17) is 10.00 Å². The zero-order chi connectivity index (χ0) is 17.1. The molecule has 0 radical (unpaired) electrons. The summed E-state index contributed by atoms with van der Waals surface area (Å²) in [5.74, 6) is 0. The first kappa shape index (κ1) is 16.0. The average molecular weight is 325 g/mol. The van der Waals surface area contributed by atoms with Crippen molar-refractivity contribution in [2.75, 3.05) is 25.1 Å². The van der Waals surface area contributed by atoms with E-state index in [1.54, 1.807) is 29.2 Å². The number of anilines is 1. The van der Waals surface area contributed by atoms with Crippen molar-refractivity contribution in [1.82, 2.24) is 15.1 Å². The molecule has 0 spiro atoms. The smallest absolute Gasteiger partial charge is 0.322 e. The number of carbonyl (C=O) groups excluding carboxylic acids is 1. The van der Waals surface area contributed by atoms with Crippen LogP contribution in [0.25, 0.3) is 0 Å². The molecule has 1 fully saturated rings. The zero-order valence-corrected chi connectivity index (χ0v) is 13.7. The van der Waals surface area contributed by atoms with E-state index in [2.05, 4.69) is 21.6 Å². The minimum Gasteiger partial charge on any atom is -0.377 e. The van der Waals surface area contributed by atoms with E-state index in [1.807, 2.05) is 13.8 Å². The van der Waals surface area contributed by atoms with E-state index >= 15 is 0 Å². The van der Waals surface area contributed by atoms with Gasteiger partial charge in [0.2, 0.25) is 0 Å². The second-order valence-electron chi connectivity index (χ2n) is 5.75. The number of nitrogens with zero attached hydrogens (tertiary/aromatic N) is 3. The van der Waals surface area contributed by atoms with Gasteiger partial charge in [-0.3, -0.25) is 5.10 Å². The van der Waals surface area contributed by atoms with Crippen LogP contribution < -0.4 is 5.32 Å². The summed E-state index contributed by atoms with van der Waals surface area (Å²) in [6.45, 7) is 5.29. The van der Waals surface area contributed by atoms with Crippen LogP contribution >= 0.6 is 0 Å². The molecule has 3 rings (SSSR count). The number of aryl methyl sites for hydroxylation is 2. The molecule has 2 N–H and O–H groups in total. The summed E-state index contributed by atoms with van der Waals surface area (Å²) >= 11 is 0. The highest BCUT2D eigenvalue weighted by molar-refractivity contribution is 5.90. The molecular formula is C17H19N5O2. The third kappa shape index (κ3) is 3.09. The lowest BCUT2D eigenvalue weighted by Gasteiger charge is -2.35. The summed E-state index contributed by atoms with van der Waals surface area (Å²) in [4.78, 5) is 14.5. The maximum absolute atomic E-state index is 12.7. The van der Waals surface area contributed by atoms with Crippen molar-refractivity contribution < 1.29 is 9.53 Å². The quantitative estimate of drug-likeness (QED) is 0.887. The number of aromatic amines is 1. The molecule has 0 unspecified atom stereocenters. The van der Waals surface area contributed by atoms with Crippen LogP contribution in [-0.4, -0.2) is 40.9 Å². The molecule has 1 aliphatic heterocycles. The molecule has 24 heavy (non-hydrogen) atoms. The molecule has 7 nitrogen and oxygen atoms in total. The summed E-state index contributed by atoms with van der Waals surface area (Å²) in [6.07, 6.45) is 0. The Kier molecular flexibility index (Phi) is 4.49. The summed E-state index contributed by atoms with van der Waals surface area (Å²) in [6, 6.07) is 8.54. The van der Waals surface area contributed by atoms with E-state index in [-0.39, 0.29) is 12.1 Å². The van der Waals surface area contributed by atoms with Crippen LogP contribution in [0.15, 0.2) is 24.3 Å². The number of amides is 2. The van der Waals surface area contributed by atoms with Gasteiger partial charge in [0.1, 0.15) is 0 Å². The molecule has 0 bridgehead atoms. The number of nitriles is 1. The molecule has 1 saturated heterocycles. The predicted molar refractivity (Wildman–Crippen MR) is 88.5 cm³/mol. The predicted octanol–water partition coefficient (Wildman–Crippen LogP) is 2.50. The number of hydrogen-bond donors (Lipinski definition) is 2. The summed E-state index contributed by atoms with van der Waals surface area (Å²) in [7, 11) is 0. The fraction of sp³-hybridized carbons (Fsp3) is 0.353. The zero-order valence-electron chi connectivity index (χ0n) is 13.7. The third-order valence-corrected chi connectivity index (χ3v) is 4.15. The second-order valence-corrected chi connectivity index (χ2v) is 5.75. The number of carbonyl (C=O) groups is 1. The molecule has 7 heteroatoms. The summed E-state index contributed by atoms with van der Waals surface area (Å²) in [5, 5.41) is 19.0. The van der Waals surface area contributed by atoms with Crippen molar-refractivity contribution in [1.29, 1.82) is 5.26 Å². The lowest BCUT2D eigenvalue weighted by atomic mass is 10.0. The molecule has 1 atom stereocenters. The Morgan fingerprint density at radius 3 is 3.04 bits per heavy atom. The normalized spacial score (nSPS) is 17.4. The number of nitrogens with one attached hydrogen (secondary N) is 2. The number of H-pyrrole nitrogens is 1. The number of morpholine rings is 1. The van der Waals surface area contributed by atoms with Crippen molar-refractivity contribution in [3.63, 3.8) is 0 Å². The van der Waals surface area contributed by atoms with Gasteiger partial charge >= 0.3 is 6.03 Å². The molecule has 2 aromatic rings. The van der Waals surface area contributed by atoms with Gasteiger partial charge < -0.3 is 15.0 Å². The van der Waals surface area contributed by atoms with Crippen molar-refractivity contribution in [2.45, 2.75) is 19.9 Å². The van der Waals surface area contributed by atoms with Crippen LogP contribution in [0.4, 0.5) is 10.5 Å². The first-order valence-electron chi connectivity index (χ1n) is 7.77. The van der Waals surface area contributed by atoms with Gasteiger partial charge in [-0.1, -0.05) is 6.07 Å². The van der Waals surface area contributed by atoms with Gasteiger partial charge in [-0.15, -0.1) is 0 Å². The molecule has 1 aromatic carbocycles. The minimum absolute atomic E-state index is 0.184. The molecule has 2 heterocycles. The first-order valence-corrected chi connectivity index (χ1v) is 7.77. The fourth-order valence-corrected chi connectivity index (χ4v) is 3.00. The fourth-order valence-electron chi connectivity index (χ4n) is 3.00. The van der Waals surface area contributed by atoms with Crippen molar-refractivity contribution in [2.24, 2.45) is 0 Å². The standard InChI is InChI=1S/C17H19N5O2/c1-11-16(12(2)21-20-11)15-10-24-7-6-22(15)17(23)19-14-5-3-4-13(8-14)9-18/h3-5,8,15H,6-7,10H2,1-2H3,(H,19,23)(H,20,21)/t15-/m1/s1. The Balaban J connectivity index is 1.82. The van der Waals surface area contributed by atoms with E-state index in [1.165, 1.54) is 0 Å². The largest absolute Gasteiger partial charge is 0.377 e. The molecule has 2 amide bonds. The Labute approximate surface area is 140 Å². The van der Waals surface area contributed by atoms with Gasteiger partial charge in [-0.25, -0.2) is 4.79 Å². The number of urea groups is 1. The Morgan fingerprint density at radius 2 is 2.33 bits per heavy atom. The van der Waals surface area contributed by atoms with Gasteiger partial charge in [-0.2, -0.15) is 10.4 Å². The van der Waals surface area contributed by atoms with E-state index in [0.29, 0.717) is 31.0 Å². The topological polar surface area (TPSA) is 94.0 Å². The Morgan fingerprint density at radius 1 is 1.50 bits per heavy atom. The van der Waals surface area contributed by atoms with Crippen LogP contribution in [0.1, 0.15) is 28.6 Å². The van der Waals surface area contributed by atoms with Crippen molar-refractivity contribution in [3.05, 3.63) is 46.8 Å². The number of rotatable bonds is 2. The van der Waals surface area contributed by atoms with Crippen LogP contribution in [0, 0.1) is 25.2 Å². The Bertz CT molecular complexity index is 773. The highest BCUT2D eigenvalue weighted by atomic mass is 16.5. The maximum Gasteiger partial charge on any atom is 0.322 e. The lowest BCUT2D eigenvalue weighted by Crippen LogP contribution is -2.45. The second kappa shape index (κ2) is 6.72. The molecule has 1 aliphatic rings. The number of aromatic nitrogens is 2. The monoisotopic (exact) mass is 325 g/mol. The van der Waals surface area contributed by atoms with E-state index < -0.39 is 0 Å². The van der Waals surface area contributed by atoms with Gasteiger partial charge in [0, 0.05) is 23.5 Å². The van der Waals surface area contributed by atoms with E-state index in [9.17, 15) is 4.79 Å². The van der Waals surface area contributed by atoms with Gasteiger partial charge in [-0.05, 0) is 32.0 Å². The van der Waals surface area contributed by atoms with Gasteiger partial charge in [0.05, 0.1) is 36.6 Å². The number of hydrogen-bond acceptors (Lipinski definition) is 4. The molecule has 0 aliphatic carbocycles. The van der Waals surface area contributed by atoms with Crippen LogP contribution in [0.3, 0.4) is 0 Å². The highest BCUT2D eigenvalue weighted by Gasteiger charge is 2.32. The van der Waals surface area contributed by atoms with Gasteiger partial charge in [0.15, 0.2) is 0 Å². The van der Waals surface area contributed by atoms with Crippen molar-refractivity contribution >= 4 is 11.7 Å². The molecule has 124 valence electrons. The Hall–Kier alpha value is -2.85. The summed E-state index contributed by atoms with van der Waals surface area (Å²) in [5.41, 5.74) is 3.91. The highest BCUT2D eigenvalue weighted by Crippen LogP contribution is 2.29. The molecule has 0 saturated carbocycles. The maximum atomic E-state index is 12.7. The summed E-state index contributed by atoms with van der Waals surface area (Å²) < 4.78 is 5.58. The first-order chi connectivity index (χ1) is 11.6. The SMILES string of the molecule is Cc1n[nH]c(C)c1[C@H]1COCCN1C(=O)Nc1cccc(C#N)c1. The third-order valence-electron chi connectivity index (χ3n) is 4.15. The molecule has 1 aromatic heterocycles. The average Bonchev–Trinajstić information content (AvgIpc) is 2.93. The number of benzene rings is 1. The number of ether oxygens (including phenoxy) is 1. The van der Waals surface area contributed by atoms with Crippen LogP contribution in [0.2, 0.25) is 0 Å². The van der Waals surface area contributed by atoms with Crippen LogP contribution in [-0.2, 0) is 4.74 Å². The van der Waals surface area contributed by atoms with E-state index in [0.717, 1.165) is 17.0 Å². The van der Waals surface area contributed by atoms with Gasteiger partial charge in [0.25, 0.3) is 0 Å². The lowest BCUT2D eigenvalue weighted by molar-refractivity contribution is 0.0143. The minimum atomic E-state index is -0.210.